The number of halogens is 2. The van der Waals surface area contributed by atoms with Gasteiger partial charge in [-0.25, -0.2) is 8.78 Å². The van der Waals surface area contributed by atoms with E-state index < -0.39 is 11.6 Å². The smallest absolute Gasteiger partial charge is 0.167 e. The van der Waals surface area contributed by atoms with Crippen molar-refractivity contribution < 1.29 is 8.78 Å². The first-order chi connectivity index (χ1) is 6.79. The van der Waals surface area contributed by atoms with E-state index in [0.29, 0.717) is 5.56 Å². The average Bonchev–Trinajstić information content (AvgIpc) is 2.23. The minimum Gasteiger partial charge on any atom is -0.203 e. The molecule has 0 saturated heterocycles. The SMILES string of the molecule is Fc1[c]ccc(-c2ccccc2)c1F. The van der Waals surface area contributed by atoms with Crippen LogP contribution in [0.3, 0.4) is 0 Å². The number of benzene rings is 2. The molecular formula is C12H7F2. The fraction of sp³-hybridized carbons (Fsp3) is 0. The van der Waals surface area contributed by atoms with E-state index >= 15 is 0 Å². The molecule has 0 saturated carbocycles. The van der Waals surface area contributed by atoms with Crippen LogP contribution >= 0.6 is 0 Å². The molecule has 0 bridgehead atoms. The molecule has 1 radical (unpaired) electrons. The maximum absolute atomic E-state index is 13.3. The monoisotopic (exact) mass is 189 g/mol. The molecule has 0 atom stereocenters. The largest absolute Gasteiger partial charge is 0.203 e. The highest BCUT2D eigenvalue weighted by Gasteiger charge is 2.08. The second kappa shape index (κ2) is 3.58. The van der Waals surface area contributed by atoms with Crippen LogP contribution in [0.4, 0.5) is 8.78 Å². The Kier molecular flexibility index (Phi) is 2.27. The van der Waals surface area contributed by atoms with Crippen molar-refractivity contribution in [2.75, 3.05) is 0 Å². The van der Waals surface area contributed by atoms with Crippen molar-refractivity contribution in [1.82, 2.24) is 0 Å². The third-order valence-electron chi connectivity index (χ3n) is 1.97. The van der Waals surface area contributed by atoms with Gasteiger partial charge in [-0.2, -0.15) is 0 Å². The Morgan fingerprint density at radius 3 is 2.36 bits per heavy atom. The Bertz CT molecular complexity index is 435. The van der Waals surface area contributed by atoms with Crippen LogP contribution in [0.15, 0.2) is 42.5 Å². The molecule has 69 valence electrons. The van der Waals surface area contributed by atoms with Crippen LogP contribution in [-0.2, 0) is 0 Å². The minimum absolute atomic E-state index is 0.266. The molecule has 0 fully saturated rings. The number of hydrogen-bond acceptors (Lipinski definition) is 0. The zero-order chi connectivity index (χ0) is 9.97. The van der Waals surface area contributed by atoms with Crippen LogP contribution < -0.4 is 0 Å². The van der Waals surface area contributed by atoms with Crippen molar-refractivity contribution in [1.29, 1.82) is 0 Å². The van der Waals surface area contributed by atoms with Crippen molar-refractivity contribution in [3.8, 4) is 11.1 Å². The van der Waals surface area contributed by atoms with Crippen molar-refractivity contribution in [2.45, 2.75) is 0 Å². The van der Waals surface area contributed by atoms with E-state index in [9.17, 15) is 8.78 Å². The fourth-order valence-electron chi connectivity index (χ4n) is 1.29. The lowest BCUT2D eigenvalue weighted by Crippen LogP contribution is -1.88. The minimum atomic E-state index is -0.939. The van der Waals surface area contributed by atoms with Gasteiger partial charge in [0.1, 0.15) is 0 Å². The van der Waals surface area contributed by atoms with Crippen LogP contribution in [0.5, 0.6) is 0 Å². The van der Waals surface area contributed by atoms with E-state index in [1.807, 2.05) is 6.07 Å². The van der Waals surface area contributed by atoms with Gasteiger partial charge >= 0.3 is 0 Å². The Balaban J connectivity index is 2.58. The number of rotatable bonds is 1. The predicted molar refractivity (Wildman–Crippen MR) is 50.6 cm³/mol. The summed E-state index contributed by atoms with van der Waals surface area (Å²) in [5.41, 5.74) is 0.930. The molecule has 0 heterocycles. The Morgan fingerprint density at radius 2 is 1.64 bits per heavy atom. The highest BCUT2D eigenvalue weighted by molar-refractivity contribution is 5.63. The molecule has 0 aliphatic carbocycles. The van der Waals surface area contributed by atoms with E-state index in [1.165, 1.54) is 12.1 Å². The first-order valence-electron chi connectivity index (χ1n) is 4.20. The van der Waals surface area contributed by atoms with E-state index in [0.717, 1.165) is 0 Å². The third kappa shape index (κ3) is 1.51. The van der Waals surface area contributed by atoms with Gasteiger partial charge in [-0.05, 0) is 5.56 Å². The topological polar surface area (TPSA) is 0 Å². The average molecular weight is 189 g/mol. The van der Waals surface area contributed by atoms with Crippen molar-refractivity contribution in [3.05, 3.63) is 60.2 Å². The summed E-state index contributed by atoms with van der Waals surface area (Å²) in [5.74, 6) is -1.79. The van der Waals surface area contributed by atoms with Crippen LogP contribution in [-0.4, -0.2) is 0 Å². The molecule has 0 spiro atoms. The predicted octanol–water partition coefficient (Wildman–Crippen LogP) is 3.43. The van der Waals surface area contributed by atoms with Crippen molar-refractivity contribution in [3.63, 3.8) is 0 Å². The second-order valence-electron chi connectivity index (χ2n) is 2.89. The summed E-state index contributed by atoms with van der Waals surface area (Å²) in [6.45, 7) is 0. The summed E-state index contributed by atoms with van der Waals surface area (Å²) in [7, 11) is 0. The maximum Gasteiger partial charge on any atom is 0.167 e. The molecule has 2 aromatic carbocycles. The highest BCUT2D eigenvalue weighted by Crippen LogP contribution is 2.23. The molecule has 2 heteroatoms. The summed E-state index contributed by atoms with van der Waals surface area (Å²) in [6.07, 6.45) is 0. The van der Waals surface area contributed by atoms with Gasteiger partial charge in [0.05, 0.1) is 0 Å². The molecule has 14 heavy (non-hydrogen) atoms. The van der Waals surface area contributed by atoms with E-state index in [-0.39, 0.29) is 5.56 Å². The normalized spacial score (nSPS) is 10.1. The summed E-state index contributed by atoms with van der Waals surface area (Å²) in [5, 5.41) is 0. The summed E-state index contributed by atoms with van der Waals surface area (Å²) >= 11 is 0. The molecule has 0 amide bonds. The maximum atomic E-state index is 13.3. The third-order valence-corrected chi connectivity index (χ3v) is 1.97. The standard InChI is InChI=1S/C12H7F2/c13-11-8-4-7-10(12(11)14)9-5-2-1-3-6-9/h1-7H. The lowest BCUT2D eigenvalue weighted by molar-refractivity contribution is 0.509. The van der Waals surface area contributed by atoms with Gasteiger partial charge in [0, 0.05) is 11.6 Å². The van der Waals surface area contributed by atoms with Gasteiger partial charge < -0.3 is 0 Å². The lowest BCUT2D eigenvalue weighted by atomic mass is 10.1. The molecule has 2 rings (SSSR count). The Hall–Kier alpha value is -1.70. The molecule has 0 aromatic heterocycles. The van der Waals surface area contributed by atoms with Crippen molar-refractivity contribution in [2.24, 2.45) is 0 Å². The second-order valence-corrected chi connectivity index (χ2v) is 2.89. The van der Waals surface area contributed by atoms with Gasteiger partial charge in [0.25, 0.3) is 0 Å². The first-order valence-corrected chi connectivity index (χ1v) is 4.20. The van der Waals surface area contributed by atoms with Gasteiger partial charge in [-0.15, -0.1) is 0 Å². The van der Waals surface area contributed by atoms with Crippen LogP contribution in [0.25, 0.3) is 11.1 Å². The highest BCUT2D eigenvalue weighted by atomic mass is 19.2. The van der Waals surface area contributed by atoms with Gasteiger partial charge in [-0.3, -0.25) is 0 Å². The molecule has 0 unspecified atom stereocenters. The molecular weight excluding hydrogens is 182 g/mol. The fourth-order valence-corrected chi connectivity index (χ4v) is 1.29. The van der Waals surface area contributed by atoms with Gasteiger partial charge in [-0.1, -0.05) is 42.5 Å². The quantitative estimate of drug-likeness (QED) is 0.644. The van der Waals surface area contributed by atoms with Gasteiger partial charge in [0.2, 0.25) is 0 Å². The van der Waals surface area contributed by atoms with Gasteiger partial charge in [0.15, 0.2) is 11.6 Å². The molecule has 2 aromatic rings. The van der Waals surface area contributed by atoms with Crippen LogP contribution in [0.2, 0.25) is 0 Å². The lowest BCUT2D eigenvalue weighted by Gasteiger charge is -2.02. The molecule has 0 aliphatic heterocycles. The van der Waals surface area contributed by atoms with E-state index in [4.69, 9.17) is 0 Å². The first kappa shape index (κ1) is 8.88. The van der Waals surface area contributed by atoms with E-state index in [2.05, 4.69) is 6.07 Å². The van der Waals surface area contributed by atoms with E-state index in [1.54, 1.807) is 24.3 Å². The van der Waals surface area contributed by atoms with Crippen molar-refractivity contribution >= 4 is 0 Å². The van der Waals surface area contributed by atoms with Crippen LogP contribution in [0, 0.1) is 17.7 Å². The van der Waals surface area contributed by atoms with Crippen LogP contribution in [0.1, 0.15) is 0 Å². The molecule has 0 nitrogen and oxygen atoms in total. The zero-order valence-corrected chi connectivity index (χ0v) is 7.30. The Morgan fingerprint density at radius 1 is 0.929 bits per heavy atom. The summed E-state index contributed by atoms with van der Waals surface area (Å²) < 4.78 is 26.1. The molecule has 0 N–H and O–H groups in total. The Labute approximate surface area is 80.8 Å². The summed E-state index contributed by atoms with van der Waals surface area (Å²) in [4.78, 5) is 0. The zero-order valence-electron chi connectivity index (χ0n) is 7.30. The summed E-state index contributed by atoms with van der Waals surface area (Å²) in [6, 6.07) is 13.9. The number of hydrogen-bond donors (Lipinski definition) is 0. The molecule has 0 aliphatic rings.